The van der Waals surface area contributed by atoms with E-state index in [0.717, 1.165) is 32.1 Å². The maximum absolute atomic E-state index is 12.6. The number of rotatable bonds is 51. The lowest BCUT2D eigenvalue weighted by Gasteiger charge is -2.19. The summed E-state index contributed by atoms with van der Waals surface area (Å²) in [4.78, 5) is 35.0. The average Bonchev–Trinajstić information content (AvgIpc) is 3.26. The minimum atomic E-state index is -4.37. The van der Waals surface area contributed by atoms with Crippen molar-refractivity contribution in [2.24, 2.45) is 5.73 Å². The van der Waals surface area contributed by atoms with E-state index in [1.807, 2.05) is 0 Å². The molecule has 0 aliphatic heterocycles. The van der Waals surface area contributed by atoms with Gasteiger partial charge in [0.25, 0.3) is 0 Å². The van der Waals surface area contributed by atoms with Gasteiger partial charge in [-0.25, -0.2) is 4.57 Å². The van der Waals surface area contributed by atoms with Crippen LogP contribution in [0, 0.1) is 0 Å². The summed E-state index contributed by atoms with van der Waals surface area (Å²) in [5, 5.41) is 0. The summed E-state index contributed by atoms with van der Waals surface area (Å²) in [6.07, 6.45) is 54.1. The molecule has 0 aromatic carbocycles. The highest BCUT2D eigenvalue weighted by Gasteiger charge is 2.26. The van der Waals surface area contributed by atoms with E-state index in [2.05, 4.69) is 26.0 Å². The molecule has 0 aliphatic rings. The van der Waals surface area contributed by atoms with Gasteiger partial charge in [-0.1, -0.05) is 238 Å². The summed E-state index contributed by atoms with van der Waals surface area (Å²) in [7, 11) is -4.37. The van der Waals surface area contributed by atoms with E-state index in [9.17, 15) is 19.0 Å². The molecule has 0 spiro atoms. The predicted octanol–water partition coefficient (Wildman–Crippen LogP) is 16.1. The molecule has 2 atom stereocenters. The molecule has 10 heteroatoms. The number of hydrogen-bond donors (Lipinski definition) is 2. The number of allylic oxidation sites excluding steroid dienone is 2. The third-order valence-electron chi connectivity index (χ3n) is 11.9. The molecule has 0 bridgehead atoms. The number of ether oxygens (including phenoxy) is 2. The summed E-state index contributed by atoms with van der Waals surface area (Å²) in [6.45, 7) is 3.78. The van der Waals surface area contributed by atoms with E-state index in [4.69, 9.17) is 24.3 Å². The second kappa shape index (κ2) is 49.2. The standard InChI is InChI=1S/C52H102NO8P/c1-3-5-7-9-11-13-15-17-18-19-20-21-22-23-24-25-26-27-28-29-30-31-32-33-35-37-39-41-43-45-52(55)61-50(49-60-62(56,57)59-47-46-53)48-58-51(54)44-42-40-38-36-34-16-14-12-10-8-6-4-2/h19-20,50H,3-18,21-49,53H2,1-2H3,(H,56,57)/b20-19-. The zero-order chi connectivity index (χ0) is 45.3. The monoisotopic (exact) mass is 900 g/mol. The second-order valence-corrected chi connectivity index (χ2v) is 19.6. The molecule has 0 aromatic heterocycles. The molecule has 368 valence electrons. The van der Waals surface area contributed by atoms with Crippen LogP contribution in [0.15, 0.2) is 12.2 Å². The third kappa shape index (κ3) is 48.2. The summed E-state index contributed by atoms with van der Waals surface area (Å²) >= 11 is 0. The quantitative estimate of drug-likeness (QED) is 0.0265. The molecule has 0 rings (SSSR count). The Morgan fingerprint density at radius 3 is 1.15 bits per heavy atom. The number of hydrogen-bond acceptors (Lipinski definition) is 8. The zero-order valence-electron chi connectivity index (χ0n) is 40.9. The van der Waals surface area contributed by atoms with Crippen molar-refractivity contribution in [2.45, 2.75) is 283 Å². The second-order valence-electron chi connectivity index (χ2n) is 18.1. The van der Waals surface area contributed by atoms with Crippen molar-refractivity contribution >= 4 is 19.8 Å². The van der Waals surface area contributed by atoms with Gasteiger partial charge in [-0.15, -0.1) is 0 Å². The fourth-order valence-corrected chi connectivity index (χ4v) is 8.69. The average molecular weight is 900 g/mol. The first kappa shape index (κ1) is 60.8. The lowest BCUT2D eigenvalue weighted by atomic mass is 10.0. The van der Waals surface area contributed by atoms with Gasteiger partial charge >= 0.3 is 19.8 Å². The smallest absolute Gasteiger partial charge is 0.462 e. The maximum Gasteiger partial charge on any atom is 0.472 e. The molecule has 0 fully saturated rings. The van der Waals surface area contributed by atoms with E-state index >= 15 is 0 Å². The number of phosphoric acid groups is 1. The number of carbonyl (C=O) groups excluding carboxylic acids is 2. The lowest BCUT2D eigenvalue weighted by Crippen LogP contribution is -2.29. The number of unbranched alkanes of at least 4 members (excludes halogenated alkanes) is 36. The minimum Gasteiger partial charge on any atom is -0.462 e. The first-order chi connectivity index (χ1) is 30.3. The van der Waals surface area contributed by atoms with Crippen molar-refractivity contribution in [2.75, 3.05) is 26.4 Å². The van der Waals surface area contributed by atoms with Crippen LogP contribution < -0.4 is 5.73 Å². The van der Waals surface area contributed by atoms with Crippen molar-refractivity contribution in [1.82, 2.24) is 0 Å². The van der Waals surface area contributed by atoms with Gasteiger partial charge in [0.15, 0.2) is 6.10 Å². The summed E-state index contributed by atoms with van der Waals surface area (Å²) < 4.78 is 32.9. The zero-order valence-corrected chi connectivity index (χ0v) is 41.8. The van der Waals surface area contributed by atoms with Crippen molar-refractivity contribution in [3.8, 4) is 0 Å². The summed E-state index contributed by atoms with van der Waals surface area (Å²) in [5.74, 6) is -0.812. The van der Waals surface area contributed by atoms with E-state index in [-0.39, 0.29) is 38.6 Å². The highest BCUT2D eigenvalue weighted by Crippen LogP contribution is 2.43. The fraction of sp³-hybridized carbons (Fsp3) is 0.923. The van der Waals surface area contributed by atoms with E-state index in [1.54, 1.807) is 0 Å². The van der Waals surface area contributed by atoms with Crippen LogP contribution >= 0.6 is 7.82 Å². The first-order valence-electron chi connectivity index (χ1n) is 26.7. The normalized spacial score (nSPS) is 13.2. The number of phosphoric ester groups is 1. The van der Waals surface area contributed by atoms with Crippen LogP contribution in [0.1, 0.15) is 277 Å². The Kier molecular flexibility index (Phi) is 48.2. The molecule has 0 aliphatic carbocycles. The van der Waals surface area contributed by atoms with Gasteiger partial charge in [-0.3, -0.25) is 18.6 Å². The SMILES string of the molecule is CCCCCCCCCC/C=C\CCCCCCCCCCCCCCCCCCCC(=O)OC(COC(=O)CCCCCCCCCCCCCC)COP(=O)(O)OCCN. The van der Waals surface area contributed by atoms with Gasteiger partial charge in [0.1, 0.15) is 6.61 Å². The molecular formula is C52H102NO8P. The lowest BCUT2D eigenvalue weighted by molar-refractivity contribution is -0.161. The van der Waals surface area contributed by atoms with Gasteiger partial charge in [0, 0.05) is 19.4 Å². The summed E-state index contributed by atoms with van der Waals surface area (Å²) in [5.41, 5.74) is 5.36. The molecule has 0 saturated carbocycles. The molecule has 62 heavy (non-hydrogen) atoms. The molecule has 9 nitrogen and oxygen atoms in total. The van der Waals surface area contributed by atoms with E-state index < -0.39 is 26.5 Å². The summed E-state index contributed by atoms with van der Waals surface area (Å²) in [6, 6.07) is 0. The topological polar surface area (TPSA) is 134 Å². The molecule has 3 N–H and O–H groups in total. The van der Waals surface area contributed by atoms with Crippen LogP contribution in [-0.4, -0.2) is 49.3 Å². The Balaban J connectivity index is 3.87. The van der Waals surface area contributed by atoms with Crippen molar-refractivity contribution in [3.63, 3.8) is 0 Å². The van der Waals surface area contributed by atoms with Crippen LogP contribution in [0.5, 0.6) is 0 Å². The van der Waals surface area contributed by atoms with E-state index in [0.29, 0.717) is 6.42 Å². The highest BCUT2D eigenvalue weighted by atomic mass is 31.2. The molecule has 0 heterocycles. The van der Waals surface area contributed by atoms with E-state index in [1.165, 1.54) is 212 Å². The highest BCUT2D eigenvalue weighted by molar-refractivity contribution is 7.47. The van der Waals surface area contributed by atoms with Crippen molar-refractivity contribution in [1.29, 1.82) is 0 Å². The molecular weight excluding hydrogens is 798 g/mol. The Hall–Kier alpha value is -1.25. The molecule has 0 radical (unpaired) electrons. The van der Waals surface area contributed by atoms with Gasteiger partial charge in [-0.05, 0) is 38.5 Å². The molecule has 2 unspecified atom stereocenters. The maximum atomic E-state index is 12.6. The van der Waals surface area contributed by atoms with Crippen molar-refractivity contribution in [3.05, 3.63) is 12.2 Å². The molecule has 0 amide bonds. The Morgan fingerprint density at radius 1 is 0.468 bits per heavy atom. The molecule has 0 saturated heterocycles. The Bertz CT molecular complexity index is 1030. The van der Waals surface area contributed by atoms with Crippen LogP contribution in [0.25, 0.3) is 0 Å². The Morgan fingerprint density at radius 2 is 0.790 bits per heavy atom. The molecule has 0 aromatic rings. The first-order valence-corrected chi connectivity index (χ1v) is 28.2. The van der Waals surface area contributed by atoms with Crippen LogP contribution in [0.3, 0.4) is 0 Å². The van der Waals surface area contributed by atoms with Crippen LogP contribution in [0.2, 0.25) is 0 Å². The fourth-order valence-electron chi connectivity index (χ4n) is 7.93. The van der Waals surface area contributed by atoms with Crippen LogP contribution in [-0.2, 0) is 32.7 Å². The van der Waals surface area contributed by atoms with Gasteiger partial charge in [0.05, 0.1) is 13.2 Å². The third-order valence-corrected chi connectivity index (χ3v) is 12.9. The minimum absolute atomic E-state index is 0.0571. The largest absolute Gasteiger partial charge is 0.472 e. The van der Waals surface area contributed by atoms with Crippen molar-refractivity contribution < 1.29 is 37.6 Å². The Labute approximate surface area is 383 Å². The number of carbonyl (C=O) groups is 2. The van der Waals surface area contributed by atoms with Gasteiger partial charge < -0.3 is 20.1 Å². The number of nitrogens with two attached hydrogens (primary N) is 1. The number of esters is 2. The predicted molar refractivity (Wildman–Crippen MR) is 261 cm³/mol. The van der Waals surface area contributed by atoms with Crippen LogP contribution in [0.4, 0.5) is 0 Å². The van der Waals surface area contributed by atoms with Gasteiger partial charge in [-0.2, -0.15) is 0 Å². The van der Waals surface area contributed by atoms with Gasteiger partial charge in [0.2, 0.25) is 0 Å².